The molecule has 0 amide bonds. The Bertz CT molecular complexity index is 417. The average molecular weight is 272 g/mol. The van der Waals surface area contributed by atoms with Gasteiger partial charge in [0.05, 0.1) is 0 Å². The van der Waals surface area contributed by atoms with E-state index < -0.39 is 12.5 Å². The molecule has 0 unspecified atom stereocenters. The Hall–Kier alpha value is -1.07. The number of aryl methyl sites for hydroxylation is 1. The third kappa shape index (κ3) is 3.70. The lowest BCUT2D eigenvalue weighted by molar-refractivity contribution is 0.0738. The van der Waals surface area contributed by atoms with Crippen molar-refractivity contribution >= 4 is 0 Å². The monoisotopic (exact) mass is 272 g/mol. The number of rotatable bonds is 4. The van der Waals surface area contributed by atoms with Gasteiger partial charge in [-0.3, -0.25) is 4.90 Å². The van der Waals surface area contributed by atoms with Crippen molar-refractivity contribution in [2.24, 2.45) is 0 Å². The molecule has 1 aliphatic rings. The first kappa shape index (κ1) is 14.3. The molecule has 1 heterocycles. The van der Waals surface area contributed by atoms with E-state index in [-0.39, 0.29) is 12.2 Å². The van der Waals surface area contributed by atoms with Crippen molar-refractivity contribution in [3.63, 3.8) is 0 Å². The Kier molecular flexibility index (Phi) is 4.82. The summed E-state index contributed by atoms with van der Waals surface area (Å²) in [5.41, 5.74) is 1.19. The largest absolute Gasteiger partial charge is 0.314 e. The first-order chi connectivity index (χ1) is 9.08. The minimum Gasteiger partial charge on any atom is -0.314 e. The molecule has 1 aromatic carbocycles. The number of nitrogens with zero attached hydrogens (tertiary/aromatic N) is 1. The molecule has 2 rings (SSSR count). The van der Waals surface area contributed by atoms with Gasteiger partial charge >= 0.3 is 0 Å². The van der Waals surface area contributed by atoms with Crippen LogP contribution in [-0.2, 0) is 0 Å². The molecule has 5 heteroatoms. The van der Waals surface area contributed by atoms with Crippen LogP contribution in [0.5, 0.6) is 0 Å². The molecule has 1 atom stereocenters. The van der Waals surface area contributed by atoms with E-state index in [9.17, 15) is 13.2 Å². The van der Waals surface area contributed by atoms with Crippen LogP contribution in [0.1, 0.15) is 23.6 Å². The summed E-state index contributed by atoms with van der Waals surface area (Å²) in [4.78, 5) is 2.01. The van der Waals surface area contributed by atoms with Crippen LogP contribution in [0.15, 0.2) is 18.2 Å². The number of piperazine rings is 1. The molecule has 1 aromatic rings. The minimum absolute atomic E-state index is 0.248. The molecule has 0 aromatic heterocycles. The maximum Gasteiger partial charge on any atom is 0.240 e. The van der Waals surface area contributed by atoms with Gasteiger partial charge in [-0.1, -0.05) is 12.1 Å². The van der Waals surface area contributed by atoms with E-state index in [1.54, 1.807) is 19.1 Å². The van der Waals surface area contributed by atoms with Crippen LogP contribution in [-0.4, -0.2) is 37.5 Å². The van der Waals surface area contributed by atoms with Crippen LogP contribution < -0.4 is 5.32 Å². The lowest BCUT2D eigenvalue weighted by Gasteiger charge is -2.35. The molecule has 0 aliphatic carbocycles. The van der Waals surface area contributed by atoms with Crippen LogP contribution >= 0.6 is 0 Å². The fourth-order valence-corrected chi connectivity index (χ4v) is 2.47. The van der Waals surface area contributed by atoms with E-state index in [2.05, 4.69) is 5.32 Å². The third-order valence-corrected chi connectivity index (χ3v) is 3.57. The van der Waals surface area contributed by atoms with Crippen molar-refractivity contribution in [1.29, 1.82) is 0 Å². The summed E-state index contributed by atoms with van der Waals surface area (Å²) in [7, 11) is 0. The van der Waals surface area contributed by atoms with Gasteiger partial charge in [0.2, 0.25) is 6.43 Å². The van der Waals surface area contributed by atoms with Crippen LogP contribution in [0.2, 0.25) is 0 Å². The Balaban J connectivity index is 2.22. The first-order valence-corrected chi connectivity index (χ1v) is 6.57. The first-order valence-electron chi connectivity index (χ1n) is 6.57. The van der Waals surface area contributed by atoms with Gasteiger partial charge in [0.25, 0.3) is 0 Å². The number of alkyl halides is 2. The van der Waals surface area contributed by atoms with Crippen molar-refractivity contribution < 1.29 is 13.2 Å². The normalized spacial score (nSPS) is 18.8. The van der Waals surface area contributed by atoms with Crippen LogP contribution in [0, 0.1) is 12.7 Å². The van der Waals surface area contributed by atoms with E-state index in [0.29, 0.717) is 24.2 Å². The Morgan fingerprint density at radius 1 is 1.26 bits per heavy atom. The van der Waals surface area contributed by atoms with Crippen LogP contribution in [0.4, 0.5) is 13.2 Å². The summed E-state index contributed by atoms with van der Waals surface area (Å²) >= 11 is 0. The SMILES string of the molecule is Cc1ccc([C@@H](CC(F)F)N2CCNCC2)cc1F. The highest BCUT2D eigenvalue weighted by atomic mass is 19.3. The summed E-state index contributed by atoms with van der Waals surface area (Å²) in [6, 6.07) is 4.40. The summed E-state index contributed by atoms with van der Waals surface area (Å²) in [5, 5.41) is 3.19. The standard InChI is InChI=1S/C14H19F3N2/c1-10-2-3-11(8-12(10)15)13(9-14(16)17)19-6-4-18-5-7-19/h2-3,8,13-14,18H,4-7,9H2,1H3/t13-/m1/s1. The Morgan fingerprint density at radius 2 is 1.95 bits per heavy atom. The molecular weight excluding hydrogens is 253 g/mol. The van der Waals surface area contributed by atoms with E-state index in [0.717, 1.165) is 13.1 Å². The average Bonchev–Trinajstić information content (AvgIpc) is 2.40. The number of hydrogen-bond donors (Lipinski definition) is 1. The highest BCUT2D eigenvalue weighted by molar-refractivity contribution is 5.26. The summed E-state index contributed by atoms with van der Waals surface area (Å²) < 4.78 is 39.2. The zero-order valence-electron chi connectivity index (χ0n) is 11.0. The van der Waals surface area contributed by atoms with Gasteiger partial charge in [-0.2, -0.15) is 0 Å². The second-order valence-electron chi connectivity index (χ2n) is 4.94. The molecule has 19 heavy (non-hydrogen) atoms. The summed E-state index contributed by atoms with van der Waals surface area (Å²) in [6.45, 7) is 4.67. The highest BCUT2D eigenvalue weighted by Gasteiger charge is 2.25. The molecule has 1 N–H and O–H groups in total. The fraction of sp³-hybridized carbons (Fsp3) is 0.571. The summed E-state index contributed by atoms with van der Waals surface area (Å²) in [5.74, 6) is -0.327. The molecule has 0 saturated carbocycles. The molecule has 1 saturated heterocycles. The fourth-order valence-electron chi connectivity index (χ4n) is 2.47. The summed E-state index contributed by atoms with van der Waals surface area (Å²) in [6.07, 6.45) is -2.63. The predicted molar refractivity (Wildman–Crippen MR) is 68.9 cm³/mol. The number of nitrogens with one attached hydrogen (secondary N) is 1. The molecule has 2 nitrogen and oxygen atoms in total. The molecule has 0 radical (unpaired) electrons. The van der Waals surface area contributed by atoms with Crippen molar-refractivity contribution in [3.05, 3.63) is 35.1 Å². The van der Waals surface area contributed by atoms with Crippen molar-refractivity contribution in [3.8, 4) is 0 Å². The Morgan fingerprint density at radius 3 is 2.53 bits per heavy atom. The van der Waals surface area contributed by atoms with Crippen LogP contribution in [0.3, 0.4) is 0 Å². The highest BCUT2D eigenvalue weighted by Crippen LogP contribution is 2.28. The predicted octanol–water partition coefficient (Wildman–Crippen LogP) is 2.74. The second-order valence-corrected chi connectivity index (χ2v) is 4.94. The van der Waals surface area contributed by atoms with E-state index in [4.69, 9.17) is 0 Å². The second kappa shape index (κ2) is 6.39. The number of benzene rings is 1. The smallest absolute Gasteiger partial charge is 0.240 e. The zero-order chi connectivity index (χ0) is 13.8. The van der Waals surface area contributed by atoms with Crippen molar-refractivity contribution in [2.45, 2.75) is 25.8 Å². The van der Waals surface area contributed by atoms with E-state index in [1.165, 1.54) is 6.07 Å². The van der Waals surface area contributed by atoms with Gasteiger partial charge in [0.1, 0.15) is 5.82 Å². The molecular formula is C14H19F3N2. The minimum atomic E-state index is -2.38. The maximum atomic E-state index is 13.6. The lowest BCUT2D eigenvalue weighted by atomic mass is 10.00. The molecule has 0 bridgehead atoms. The lowest BCUT2D eigenvalue weighted by Crippen LogP contribution is -2.45. The topological polar surface area (TPSA) is 15.3 Å². The molecule has 0 spiro atoms. The number of hydrogen-bond acceptors (Lipinski definition) is 2. The van der Waals surface area contributed by atoms with E-state index in [1.807, 2.05) is 4.90 Å². The van der Waals surface area contributed by atoms with Crippen LogP contribution in [0.25, 0.3) is 0 Å². The van der Waals surface area contributed by atoms with Gasteiger partial charge < -0.3 is 5.32 Å². The van der Waals surface area contributed by atoms with Gasteiger partial charge in [0, 0.05) is 38.6 Å². The van der Waals surface area contributed by atoms with Crippen molar-refractivity contribution in [2.75, 3.05) is 26.2 Å². The molecule has 1 fully saturated rings. The number of halogens is 3. The molecule has 1 aliphatic heterocycles. The van der Waals surface area contributed by atoms with Crippen molar-refractivity contribution in [1.82, 2.24) is 10.2 Å². The van der Waals surface area contributed by atoms with Gasteiger partial charge in [0.15, 0.2) is 0 Å². The Labute approximate surface area is 111 Å². The zero-order valence-corrected chi connectivity index (χ0v) is 11.0. The maximum absolute atomic E-state index is 13.6. The quantitative estimate of drug-likeness (QED) is 0.906. The van der Waals surface area contributed by atoms with Gasteiger partial charge in [-0.15, -0.1) is 0 Å². The van der Waals surface area contributed by atoms with Gasteiger partial charge in [-0.25, -0.2) is 13.2 Å². The third-order valence-electron chi connectivity index (χ3n) is 3.57. The molecule has 106 valence electrons. The van der Waals surface area contributed by atoms with E-state index >= 15 is 0 Å². The van der Waals surface area contributed by atoms with Gasteiger partial charge in [-0.05, 0) is 24.1 Å².